The molecule has 134 valence electrons. The Morgan fingerprint density at radius 2 is 2.21 bits per heavy atom. The van der Waals surface area contributed by atoms with Gasteiger partial charge in [0.25, 0.3) is 0 Å². The Morgan fingerprint density at radius 1 is 1.38 bits per heavy atom. The van der Waals surface area contributed by atoms with Gasteiger partial charge >= 0.3 is 0 Å². The van der Waals surface area contributed by atoms with Gasteiger partial charge in [-0.05, 0) is 20.3 Å². The average Bonchev–Trinajstić information content (AvgIpc) is 2.95. The highest BCUT2D eigenvalue weighted by Gasteiger charge is 2.21. The number of nitrogens with zero attached hydrogens (tertiary/aromatic N) is 5. The fourth-order valence-corrected chi connectivity index (χ4v) is 4.17. The number of hydrogen-bond acceptors (Lipinski definition) is 5. The fourth-order valence-electron chi connectivity index (χ4n) is 3.19. The van der Waals surface area contributed by atoms with Gasteiger partial charge in [-0.1, -0.05) is 0 Å². The van der Waals surface area contributed by atoms with Crippen molar-refractivity contribution in [2.45, 2.75) is 39.3 Å². The van der Waals surface area contributed by atoms with Crippen LogP contribution in [0.25, 0.3) is 0 Å². The van der Waals surface area contributed by atoms with E-state index in [1.165, 1.54) is 24.6 Å². The molecule has 2 aliphatic rings. The third-order valence-corrected chi connectivity index (χ3v) is 5.38. The summed E-state index contributed by atoms with van der Waals surface area (Å²) in [6.45, 7) is 10.1. The lowest BCUT2D eigenvalue weighted by atomic mass is 10.1. The molecule has 0 amide bonds. The summed E-state index contributed by atoms with van der Waals surface area (Å²) in [5, 5.41) is 11.4. The van der Waals surface area contributed by atoms with Crippen molar-refractivity contribution >= 4 is 17.7 Å². The molecule has 0 spiro atoms. The lowest BCUT2D eigenvalue weighted by molar-refractivity contribution is 0.311. The number of nitrogens with one attached hydrogen (secondary N) is 2. The van der Waals surface area contributed by atoms with E-state index in [1.54, 1.807) is 0 Å². The molecule has 0 aliphatic carbocycles. The van der Waals surface area contributed by atoms with E-state index in [-0.39, 0.29) is 0 Å². The lowest BCUT2D eigenvalue weighted by Crippen LogP contribution is -2.47. The molecule has 2 N–H and O–H groups in total. The van der Waals surface area contributed by atoms with Crippen molar-refractivity contribution in [3.63, 3.8) is 0 Å². The van der Waals surface area contributed by atoms with Crippen LogP contribution in [-0.2, 0) is 13.0 Å². The van der Waals surface area contributed by atoms with Crippen LogP contribution in [0.4, 0.5) is 0 Å². The maximum Gasteiger partial charge on any atom is 0.191 e. The standard InChI is InChI=1S/C16H29N7S/c1-3-17-16(18-6-7-22-8-10-24-11-9-22)20-14-4-5-15-19-13(2)21-23(15)12-14/h14H,3-12H2,1-2H3,(H2,17,18,20). The SMILES string of the molecule is CCNC(=NCCN1CCSCC1)NC1CCc2nc(C)nn2C1. The Balaban J connectivity index is 1.50. The summed E-state index contributed by atoms with van der Waals surface area (Å²) >= 11 is 2.05. The zero-order chi connectivity index (χ0) is 16.8. The highest BCUT2D eigenvalue weighted by atomic mass is 32.2. The van der Waals surface area contributed by atoms with Gasteiger partial charge in [0.05, 0.1) is 13.1 Å². The number of guanidine groups is 1. The summed E-state index contributed by atoms with van der Waals surface area (Å²) in [5.74, 6) is 5.41. The molecule has 0 radical (unpaired) electrons. The molecule has 0 bridgehead atoms. The van der Waals surface area contributed by atoms with Gasteiger partial charge in [0.2, 0.25) is 0 Å². The minimum atomic E-state index is 0.364. The van der Waals surface area contributed by atoms with Crippen LogP contribution in [0, 0.1) is 6.92 Å². The van der Waals surface area contributed by atoms with Crippen molar-refractivity contribution in [1.29, 1.82) is 0 Å². The second-order valence-electron chi connectivity index (χ2n) is 6.35. The molecule has 1 atom stereocenters. The first kappa shape index (κ1) is 17.5. The first-order valence-corrected chi connectivity index (χ1v) is 10.2. The number of rotatable bonds is 5. The van der Waals surface area contributed by atoms with E-state index in [9.17, 15) is 0 Å². The average molecular weight is 352 g/mol. The lowest BCUT2D eigenvalue weighted by Gasteiger charge is -2.26. The van der Waals surface area contributed by atoms with Gasteiger partial charge in [0.15, 0.2) is 5.96 Å². The van der Waals surface area contributed by atoms with E-state index in [0.717, 1.165) is 56.6 Å². The predicted molar refractivity (Wildman–Crippen MR) is 99.7 cm³/mol. The largest absolute Gasteiger partial charge is 0.357 e. The molecular formula is C16H29N7S. The first-order chi connectivity index (χ1) is 11.7. The normalized spacial score (nSPS) is 22.2. The molecule has 8 heteroatoms. The monoisotopic (exact) mass is 351 g/mol. The van der Waals surface area contributed by atoms with Gasteiger partial charge in [-0.2, -0.15) is 16.9 Å². The van der Waals surface area contributed by atoms with Crippen LogP contribution in [0.2, 0.25) is 0 Å². The van der Waals surface area contributed by atoms with Crippen molar-refractivity contribution in [2.75, 3.05) is 44.2 Å². The third-order valence-electron chi connectivity index (χ3n) is 4.44. The molecule has 1 aromatic heterocycles. The van der Waals surface area contributed by atoms with E-state index in [4.69, 9.17) is 4.99 Å². The fraction of sp³-hybridized carbons (Fsp3) is 0.812. The van der Waals surface area contributed by atoms with Gasteiger partial charge in [0, 0.05) is 50.1 Å². The highest BCUT2D eigenvalue weighted by Crippen LogP contribution is 2.12. The van der Waals surface area contributed by atoms with E-state index >= 15 is 0 Å². The molecular weight excluding hydrogens is 322 g/mol. The maximum absolute atomic E-state index is 4.76. The summed E-state index contributed by atoms with van der Waals surface area (Å²) in [7, 11) is 0. The second kappa shape index (κ2) is 8.71. The number of aryl methyl sites for hydroxylation is 2. The molecule has 24 heavy (non-hydrogen) atoms. The van der Waals surface area contributed by atoms with Crippen LogP contribution >= 0.6 is 11.8 Å². The van der Waals surface area contributed by atoms with Gasteiger partial charge in [-0.15, -0.1) is 0 Å². The number of aliphatic imine (C=N–C) groups is 1. The number of hydrogen-bond donors (Lipinski definition) is 2. The number of aromatic nitrogens is 3. The smallest absolute Gasteiger partial charge is 0.191 e. The molecule has 1 aromatic rings. The van der Waals surface area contributed by atoms with E-state index < -0.39 is 0 Å². The maximum atomic E-state index is 4.76. The van der Waals surface area contributed by atoms with Crippen LogP contribution in [0.15, 0.2) is 4.99 Å². The Labute approximate surface area is 148 Å². The highest BCUT2D eigenvalue weighted by molar-refractivity contribution is 7.99. The zero-order valence-electron chi connectivity index (χ0n) is 14.8. The molecule has 0 aromatic carbocycles. The summed E-state index contributed by atoms with van der Waals surface area (Å²) in [5.41, 5.74) is 0. The van der Waals surface area contributed by atoms with Crippen molar-refractivity contribution < 1.29 is 0 Å². The predicted octanol–water partition coefficient (Wildman–Crippen LogP) is 0.505. The number of fused-ring (bicyclic) bond motifs is 1. The summed E-state index contributed by atoms with van der Waals surface area (Å²) in [6, 6.07) is 0.364. The van der Waals surface area contributed by atoms with E-state index in [2.05, 4.69) is 44.3 Å². The summed E-state index contributed by atoms with van der Waals surface area (Å²) < 4.78 is 2.03. The minimum absolute atomic E-state index is 0.364. The second-order valence-corrected chi connectivity index (χ2v) is 7.58. The van der Waals surface area contributed by atoms with Crippen molar-refractivity contribution in [3.05, 3.63) is 11.6 Å². The molecule has 7 nitrogen and oxygen atoms in total. The molecule has 1 saturated heterocycles. The third kappa shape index (κ3) is 4.86. The van der Waals surface area contributed by atoms with Gasteiger partial charge in [0.1, 0.15) is 11.6 Å². The summed E-state index contributed by atoms with van der Waals surface area (Å²) in [4.78, 5) is 11.7. The van der Waals surface area contributed by atoms with Crippen LogP contribution in [0.3, 0.4) is 0 Å². The van der Waals surface area contributed by atoms with Crippen LogP contribution in [0.1, 0.15) is 25.0 Å². The molecule has 2 aliphatic heterocycles. The topological polar surface area (TPSA) is 70.4 Å². The van der Waals surface area contributed by atoms with E-state index in [0.29, 0.717) is 6.04 Å². The van der Waals surface area contributed by atoms with Crippen molar-refractivity contribution in [1.82, 2.24) is 30.3 Å². The quantitative estimate of drug-likeness (QED) is 0.595. The van der Waals surface area contributed by atoms with Crippen LogP contribution in [0.5, 0.6) is 0 Å². The zero-order valence-corrected chi connectivity index (χ0v) is 15.6. The van der Waals surface area contributed by atoms with Gasteiger partial charge in [-0.25, -0.2) is 9.67 Å². The molecule has 3 rings (SSSR count). The molecule has 0 saturated carbocycles. The number of thioether (sulfide) groups is 1. The minimum Gasteiger partial charge on any atom is -0.357 e. The molecule has 1 unspecified atom stereocenters. The van der Waals surface area contributed by atoms with Gasteiger partial charge in [-0.3, -0.25) is 9.89 Å². The summed E-state index contributed by atoms with van der Waals surface area (Å²) in [6.07, 6.45) is 2.05. The Bertz CT molecular complexity index is 551. The van der Waals surface area contributed by atoms with Crippen molar-refractivity contribution in [3.8, 4) is 0 Å². The molecule has 3 heterocycles. The first-order valence-electron chi connectivity index (χ1n) is 9.00. The van der Waals surface area contributed by atoms with Crippen LogP contribution in [-0.4, -0.2) is 75.9 Å². The van der Waals surface area contributed by atoms with E-state index in [1.807, 2.05) is 11.6 Å². The van der Waals surface area contributed by atoms with Crippen LogP contribution < -0.4 is 10.6 Å². The molecule has 1 fully saturated rings. The Kier molecular flexibility index (Phi) is 6.37. The Hall–Kier alpha value is -1.28. The Morgan fingerprint density at radius 3 is 3.00 bits per heavy atom. The van der Waals surface area contributed by atoms with Gasteiger partial charge < -0.3 is 10.6 Å². The van der Waals surface area contributed by atoms with Crippen molar-refractivity contribution in [2.24, 2.45) is 4.99 Å².